The summed E-state index contributed by atoms with van der Waals surface area (Å²) in [5.41, 5.74) is 2.05. The Morgan fingerprint density at radius 2 is 1.74 bits per heavy atom. The molecule has 1 aliphatic heterocycles. The summed E-state index contributed by atoms with van der Waals surface area (Å²) in [5, 5.41) is 5.22. The summed E-state index contributed by atoms with van der Waals surface area (Å²) in [5.74, 6) is -0.700. The van der Waals surface area contributed by atoms with Gasteiger partial charge in [-0.1, -0.05) is 32.9 Å². The maximum absolute atomic E-state index is 12.3. The summed E-state index contributed by atoms with van der Waals surface area (Å²) in [4.78, 5) is 36.4. The molecule has 0 fully saturated rings. The quantitative estimate of drug-likeness (QED) is 0.716. The molecule has 7 heteroatoms. The fraction of sp³-hybridized carbons (Fsp3) is 0.450. The molecule has 2 rings (SSSR count). The van der Waals surface area contributed by atoms with Crippen molar-refractivity contribution in [2.45, 2.75) is 46.1 Å². The number of benzene rings is 1. The van der Waals surface area contributed by atoms with E-state index in [4.69, 9.17) is 9.47 Å². The second-order valence-corrected chi connectivity index (χ2v) is 6.52. The standard InChI is InChI=1S/C20H26N2O5/c1-5-15-17(19(24)26-6-2)16(22-20(25)21-15)11-27-18(23)14-9-7-13(8-10-14)12(3)4/h7-10,12,15H,5-6,11H2,1-4H3,(H2,21,22,25)/t15-/m1/s1. The van der Waals surface area contributed by atoms with Crippen LogP contribution in [0.4, 0.5) is 4.79 Å². The first-order valence-electron chi connectivity index (χ1n) is 9.12. The number of hydrogen-bond acceptors (Lipinski definition) is 5. The van der Waals surface area contributed by atoms with E-state index in [1.165, 1.54) is 0 Å². The molecule has 0 spiro atoms. The maximum Gasteiger partial charge on any atom is 0.338 e. The molecular weight excluding hydrogens is 348 g/mol. The lowest BCUT2D eigenvalue weighted by molar-refractivity contribution is -0.139. The van der Waals surface area contributed by atoms with Crippen molar-refractivity contribution < 1.29 is 23.9 Å². The third kappa shape index (κ3) is 5.09. The van der Waals surface area contributed by atoms with Gasteiger partial charge in [-0.25, -0.2) is 14.4 Å². The van der Waals surface area contributed by atoms with Crippen LogP contribution in [0, 0.1) is 0 Å². The van der Waals surface area contributed by atoms with E-state index < -0.39 is 24.0 Å². The first-order valence-corrected chi connectivity index (χ1v) is 9.12. The second kappa shape index (κ2) is 9.21. The fourth-order valence-electron chi connectivity index (χ4n) is 2.80. The number of esters is 2. The largest absolute Gasteiger partial charge is 0.463 e. The van der Waals surface area contributed by atoms with Crippen molar-refractivity contribution in [1.82, 2.24) is 10.6 Å². The van der Waals surface area contributed by atoms with E-state index in [1.807, 2.05) is 19.1 Å². The molecule has 0 saturated carbocycles. The third-order valence-corrected chi connectivity index (χ3v) is 4.31. The van der Waals surface area contributed by atoms with Gasteiger partial charge in [0.15, 0.2) is 0 Å². The van der Waals surface area contributed by atoms with Gasteiger partial charge in [-0.05, 0) is 37.0 Å². The molecule has 0 saturated heterocycles. The minimum Gasteiger partial charge on any atom is -0.463 e. The predicted octanol–water partition coefficient (Wildman–Crippen LogP) is 2.88. The van der Waals surface area contributed by atoms with Crippen LogP contribution in [0.3, 0.4) is 0 Å². The lowest BCUT2D eigenvalue weighted by Crippen LogP contribution is -2.51. The van der Waals surface area contributed by atoms with Crippen molar-refractivity contribution in [3.63, 3.8) is 0 Å². The van der Waals surface area contributed by atoms with Crippen molar-refractivity contribution >= 4 is 18.0 Å². The molecule has 0 bridgehead atoms. The SMILES string of the molecule is CCOC(=O)C1=C(COC(=O)c2ccc(C(C)C)cc2)NC(=O)N[C@@H]1CC. The molecule has 7 nitrogen and oxygen atoms in total. The van der Waals surface area contributed by atoms with Crippen LogP contribution in [0.15, 0.2) is 35.5 Å². The zero-order valence-electron chi connectivity index (χ0n) is 16.1. The monoisotopic (exact) mass is 374 g/mol. The van der Waals surface area contributed by atoms with Crippen LogP contribution >= 0.6 is 0 Å². The Bertz CT molecular complexity index is 737. The van der Waals surface area contributed by atoms with Crippen LogP contribution in [-0.4, -0.2) is 37.2 Å². The molecule has 1 aliphatic rings. The number of nitrogens with one attached hydrogen (secondary N) is 2. The Labute approximate surface area is 159 Å². The smallest absolute Gasteiger partial charge is 0.338 e. The number of amides is 2. The van der Waals surface area contributed by atoms with Crippen LogP contribution in [-0.2, 0) is 14.3 Å². The Morgan fingerprint density at radius 3 is 2.30 bits per heavy atom. The van der Waals surface area contributed by atoms with Crippen LogP contribution in [0.5, 0.6) is 0 Å². The molecule has 0 radical (unpaired) electrons. The Morgan fingerprint density at radius 1 is 1.07 bits per heavy atom. The third-order valence-electron chi connectivity index (χ3n) is 4.31. The van der Waals surface area contributed by atoms with Gasteiger partial charge in [-0.3, -0.25) is 0 Å². The van der Waals surface area contributed by atoms with Gasteiger partial charge in [0.2, 0.25) is 0 Å². The topological polar surface area (TPSA) is 93.7 Å². The highest BCUT2D eigenvalue weighted by Gasteiger charge is 2.32. The van der Waals surface area contributed by atoms with E-state index in [0.29, 0.717) is 17.9 Å². The Kier molecular flexibility index (Phi) is 6.98. The van der Waals surface area contributed by atoms with Crippen LogP contribution in [0.2, 0.25) is 0 Å². The molecule has 2 amide bonds. The lowest BCUT2D eigenvalue weighted by Gasteiger charge is -2.28. The minimum atomic E-state index is -0.538. The van der Waals surface area contributed by atoms with Gasteiger partial charge in [0.05, 0.1) is 29.5 Å². The highest BCUT2D eigenvalue weighted by molar-refractivity contribution is 5.95. The first kappa shape index (κ1) is 20.5. The highest BCUT2D eigenvalue weighted by atomic mass is 16.5. The molecule has 1 aromatic carbocycles. The highest BCUT2D eigenvalue weighted by Crippen LogP contribution is 2.19. The molecule has 1 atom stereocenters. The van der Waals surface area contributed by atoms with Gasteiger partial charge in [0, 0.05) is 0 Å². The number of carbonyl (C=O) groups is 3. The van der Waals surface area contributed by atoms with Gasteiger partial charge in [-0.15, -0.1) is 0 Å². The van der Waals surface area contributed by atoms with E-state index in [2.05, 4.69) is 24.5 Å². The van der Waals surface area contributed by atoms with Crippen molar-refractivity contribution in [2.24, 2.45) is 0 Å². The van der Waals surface area contributed by atoms with E-state index in [-0.39, 0.29) is 24.5 Å². The average molecular weight is 374 g/mol. The van der Waals surface area contributed by atoms with Gasteiger partial charge >= 0.3 is 18.0 Å². The number of hydrogen-bond donors (Lipinski definition) is 2. The van der Waals surface area contributed by atoms with Crippen molar-refractivity contribution in [3.05, 3.63) is 46.7 Å². The first-order chi connectivity index (χ1) is 12.9. The van der Waals surface area contributed by atoms with E-state index >= 15 is 0 Å². The second-order valence-electron chi connectivity index (χ2n) is 6.52. The molecule has 146 valence electrons. The molecule has 1 heterocycles. The maximum atomic E-state index is 12.3. The summed E-state index contributed by atoms with van der Waals surface area (Å²) in [6.45, 7) is 7.68. The fourth-order valence-corrected chi connectivity index (χ4v) is 2.80. The van der Waals surface area contributed by atoms with Gasteiger partial charge in [0.25, 0.3) is 0 Å². The van der Waals surface area contributed by atoms with Crippen molar-refractivity contribution in [3.8, 4) is 0 Å². The Hall–Kier alpha value is -2.83. The Balaban J connectivity index is 2.17. The number of ether oxygens (including phenoxy) is 2. The summed E-state index contributed by atoms with van der Waals surface area (Å²) < 4.78 is 10.4. The van der Waals surface area contributed by atoms with Crippen molar-refractivity contribution in [1.29, 1.82) is 0 Å². The van der Waals surface area contributed by atoms with E-state index in [9.17, 15) is 14.4 Å². The van der Waals surface area contributed by atoms with E-state index in [0.717, 1.165) is 5.56 Å². The molecule has 1 aromatic rings. The molecule has 0 unspecified atom stereocenters. The number of carbonyl (C=O) groups excluding carboxylic acids is 3. The summed E-state index contributed by atoms with van der Waals surface area (Å²) >= 11 is 0. The molecule has 27 heavy (non-hydrogen) atoms. The van der Waals surface area contributed by atoms with Crippen molar-refractivity contribution in [2.75, 3.05) is 13.2 Å². The summed E-state index contributed by atoms with van der Waals surface area (Å²) in [6, 6.07) is 6.23. The van der Waals surface area contributed by atoms with Gasteiger partial charge in [-0.2, -0.15) is 0 Å². The lowest BCUT2D eigenvalue weighted by atomic mass is 10.0. The molecule has 0 aliphatic carbocycles. The van der Waals surface area contributed by atoms with Crippen LogP contribution < -0.4 is 10.6 Å². The average Bonchev–Trinajstić information content (AvgIpc) is 2.65. The van der Waals surface area contributed by atoms with Gasteiger partial charge in [0.1, 0.15) is 6.61 Å². The zero-order valence-corrected chi connectivity index (χ0v) is 16.1. The van der Waals surface area contributed by atoms with Crippen LogP contribution in [0.1, 0.15) is 56.0 Å². The minimum absolute atomic E-state index is 0.210. The normalized spacial score (nSPS) is 16.6. The number of urea groups is 1. The molecule has 0 aromatic heterocycles. The zero-order chi connectivity index (χ0) is 20.0. The van der Waals surface area contributed by atoms with Gasteiger partial charge < -0.3 is 20.1 Å². The molecular formula is C20H26N2O5. The van der Waals surface area contributed by atoms with E-state index in [1.54, 1.807) is 19.1 Å². The number of rotatable bonds is 7. The van der Waals surface area contributed by atoms with Crippen LogP contribution in [0.25, 0.3) is 0 Å². The molecule has 2 N–H and O–H groups in total. The summed E-state index contributed by atoms with van der Waals surface area (Å²) in [6.07, 6.45) is 0.510. The summed E-state index contributed by atoms with van der Waals surface area (Å²) in [7, 11) is 0. The predicted molar refractivity (Wildman–Crippen MR) is 100 cm³/mol.